The molecule has 0 aliphatic heterocycles. The molecule has 0 fully saturated rings. The van der Waals surface area contributed by atoms with Gasteiger partial charge in [-0.3, -0.25) is 4.79 Å². The zero-order valence-electron chi connectivity index (χ0n) is 10.7. The van der Waals surface area contributed by atoms with Crippen molar-refractivity contribution >= 4 is 21.8 Å². The molecule has 1 aromatic carbocycles. The first-order valence-corrected chi connectivity index (χ1v) is 6.69. The average Bonchev–Trinajstić information content (AvgIpc) is 2.75. The number of carbonyl (C=O) groups excluding carboxylic acids is 1. The SMILES string of the molecule is Cc1ccc(C(=O)NCCc2noc(C)n2)c(Br)c1. The molecule has 0 atom stereocenters. The summed E-state index contributed by atoms with van der Waals surface area (Å²) >= 11 is 3.39. The highest BCUT2D eigenvalue weighted by Gasteiger charge is 2.10. The Kier molecular flexibility index (Phi) is 4.31. The second kappa shape index (κ2) is 5.97. The number of hydrogen-bond donors (Lipinski definition) is 1. The van der Waals surface area contributed by atoms with E-state index in [-0.39, 0.29) is 5.91 Å². The predicted octanol–water partition coefficient (Wildman–Crippen LogP) is 2.42. The van der Waals surface area contributed by atoms with E-state index in [0.717, 1.165) is 10.0 Å². The van der Waals surface area contributed by atoms with Crippen LogP contribution in [-0.4, -0.2) is 22.6 Å². The molecule has 100 valence electrons. The van der Waals surface area contributed by atoms with Crippen LogP contribution in [0.5, 0.6) is 0 Å². The predicted molar refractivity (Wildman–Crippen MR) is 74.0 cm³/mol. The van der Waals surface area contributed by atoms with Gasteiger partial charge in [0.05, 0.1) is 5.56 Å². The van der Waals surface area contributed by atoms with Gasteiger partial charge >= 0.3 is 0 Å². The number of halogens is 1. The summed E-state index contributed by atoms with van der Waals surface area (Å²) in [5, 5.41) is 6.59. The normalized spacial score (nSPS) is 10.5. The molecule has 1 amide bonds. The molecular weight excluding hydrogens is 310 g/mol. The Morgan fingerprint density at radius 3 is 2.84 bits per heavy atom. The number of aromatic nitrogens is 2. The summed E-state index contributed by atoms with van der Waals surface area (Å²) in [6, 6.07) is 5.62. The van der Waals surface area contributed by atoms with Crippen molar-refractivity contribution in [1.29, 1.82) is 0 Å². The van der Waals surface area contributed by atoms with Crippen molar-refractivity contribution in [2.45, 2.75) is 20.3 Å². The number of rotatable bonds is 4. The first-order valence-electron chi connectivity index (χ1n) is 5.90. The van der Waals surface area contributed by atoms with Gasteiger partial charge in [-0.1, -0.05) is 11.2 Å². The number of aryl methyl sites for hydroxylation is 2. The Morgan fingerprint density at radius 2 is 2.21 bits per heavy atom. The van der Waals surface area contributed by atoms with Crippen molar-refractivity contribution in [3.8, 4) is 0 Å². The van der Waals surface area contributed by atoms with Crippen LogP contribution in [0, 0.1) is 13.8 Å². The van der Waals surface area contributed by atoms with Crippen LogP contribution in [0.2, 0.25) is 0 Å². The minimum atomic E-state index is -0.118. The quantitative estimate of drug-likeness (QED) is 0.938. The van der Waals surface area contributed by atoms with E-state index < -0.39 is 0 Å². The maximum absolute atomic E-state index is 12.0. The number of nitrogens with one attached hydrogen (secondary N) is 1. The van der Waals surface area contributed by atoms with Crippen LogP contribution in [0.15, 0.2) is 27.2 Å². The second-order valence-electron chi connectivity index (χ2n) is 4.22. The van der Waals surface area contributed by atoms with E-state index in [2.05, 4.69) is 31.4 Å². The molecule has 19 heavy (non-hydrogen) atoms. The molecule has 1 N–H and O–H groups in total. The number of carbonyl (C=O) groups is 1. The van der Waals surface area contributed by atoms with Crippen LogP contribution >= 0.6 is 15.9 Å². The molecule has 0 bridgehead atoms. The van der Waals surface area contributed by atoms with Gasteiger partial charge in [-0.05, 0) is 40.5 Å². The molecular formula is C13H14BrN3O2. The molecule has 5 nitrogen and oxygen atoms in total. The number of benzene rings is 1. The van der Waals surface area contributed by atoms with Gasteiger partial charge in [-0.2, -0.15) is 4.98 Å². The molecule has 0 saturated carbocycles. The Labute approximate surface area is 119 Å². The van der Waals surface area contributed by atoms with Crippen molar-refractivity contribution in [3.05, 3.63) is 45.5 Å². The minimum Gasteiger partial charge on any atom is -0.352 e. The average molecular weight is 324 g/mol. The van der Waals surface area contributed by atoms with Crippen LogP contribution in [0.25, 0.3) is 0 Å². The Morgan fingerprint density at radius 1 is 1.42 bits per heavy atom. The molecule has 0 radical (unpaired) electrons. The third-order valence-electron chi connectivity index (χ3n) is 2.57. The summed E-state index contributed by atoms with van der Waals surface area (Å²) in [4.78, 5) is 16.0. The summed E-state index contributed by atoms with van der Waals surface area (Å²) in [5.41, 5.74) is 1.72. The molecule has 2 rings (SSSR count). The van der Waals surface area contributed by atoms with E-state index in [1.165, 1.54) is 0 Å². The van der Waals surface area contributed by atoms with Gasteiger partial charge in [-0.15, -0.1) is 0 Å². The highest BCUT2D eigenvalue weighted by Crippen LogP contribution is 2.18. The number of amides is 1. The summed E-state index contributed by atoms with van der Waals surface area (Å²) in [7, 11) is 0. The maximum atomic E-state index is 12.0. The topological polar surface area (TPSA) is 68.0 Å². The van der Waals surface area contributed by atoms with Gasteiger partial charge in [0.25, 0.3) is 5.91 Å². The van der Waals surface area contributed by atoms with E-state index >= 15 is 0 Å². The van der Waals surface area contributed by atoms with Crippen molar-refractivity contribution in [2.24, 2.45) is 0 Å². The summed E-state index contributed by atoms with van der Waals surface area (Å²) in [5.74, 6) is 1.01. The van der Waals surface area contributed by atoms with Gasteiger partial charge in [-0.25, -0.2) is 0 Å². The first kappa shape index (κ1) is 13.7. The van der Waals surface area contributed by atoms with E-state index in [9.17, 15) is 4.79 Å². The third-order valence-corrected chi connectivity index (χ3v) is 3.23. The summed E-state index contributed by atoms with van der Waals surface area (Å²) in [6.45, 7) is 4.18. The van der Waals surface area contributed by atoms with Crippen molar-refractivity contribution < 1.29 is 9.32 Å². The summed E-state index contributed by atoms with van der Waals surface area (Å²) in [6.07, 6.45) is 0.548. The molecule has 0 aliphatic carbocycles. The van der Waals surface area contributed by atoms with Crippen LogP contribution in [0.1, 0.15) is 27.6 Å². The van der Waals surface area contributed by atoms with Gasteiger partial charge in [0.1, 0.15) is 0 Å². The fourth-order valence-corrected chi connectivity index (χ4v) is 2.30. The number of hydrogen-bond acceptors (Lipinski definition) is 4. The van der Waals surface area contributed by atoms with E-state index in [4.69, 9.17) is 4.52 Å². The minimum absolute atomic E-state index is 0.118. The molecule has 0 aliphatic rings. The molecule has 1 aromatic heterocycles. The summed E-state index contributed by atoms with van der Waals surface area (Å²) < 4.78 is 5.65. The second-order valence-corrected chi connectivity index (χ2v) is 5.07. The lowest BCUT2D eigenvalue weighted by atomic mass is 10.1. The fraction of sp³-hybridized carbons (Fsp3) is 0.308. The lowest BCUT2D eigenvalue weighted by Crippen LogP contribution is -2.26. The van der Waals surface area contributed by atoms with Gasteiger partial charge in [0.15, 0.2) is 5.82 Å². The molecule has 0 spiro atoms. The maximum Gasteiger partial charge on any atom is 0.252 e. The standard InChI is InChI=1S/C13H14BrN3O2/c1-8-3-4-10(11(14)7-8)13(18)15-6-5-12-16-9(2)19-17-12/h3-4,7H,5-6H2,1-2H3,(H,15,18). The van der Waals surface area contributed by atoms with E-state index in [1.54, 1.807) is 13.0 Å². The highest BCUT2D eigenvalue weighted by atomic mass is 79.9. The Hall–Kier alpha value is -1.69. The smallest absolute Gasteiger partial charge is 0.252 e. The third kappa shape index (κ3) is 3.64. The lowest BCUT2D eigenvalue weighted by Gasteiger charge is -2.06. The van der Waals surface area contributed by atoms with Gasteiger partial charge in [0.2, 0.25) is 5.89 Å². The van der Waals surface area contributed by atoms with Crippen LogP contribution in [-0.2, 0) is 6.42 Å². The van der Waals surface area contributed by atoms with Crippen molar-refractivity contribution in [1.82, 2.24) is 15.5 Å². The first-order chi connectivity index (χ1) is 9.06. The monoisotopic (exact) mass is 323 g/mol. The van der Waals surface area contributed by atoms with E-state index in [1.807, 2.05) is 19.1 Å². The lowest BCUT2D eigenvalue weighted by molar-refractivity contribution is 0.0953. The molecule has 2 aromatic rings. The van der Waals surface area contributed by atoms with Crippen molar-refractivity contribution in [3.63, 3.8) is 0 Å². The molecule has 1 heterocycles. The Bertz CT molecular complexity index is 595. The van der Waals surface area contributed by atoms with Crippen LogP contribution in [0.4, 0.5) is 0 Å². The molecule has 0 saturated heterocycles. The fourth-order valence-electron chi connectivity index (χ4n) is 1.63. The van der Waals surface area contributed by atoms with E-state index in [0.29, 0.717) is 30.2 Å². The van der Waals surface area contributed by atoms with Crippen LogP contribution < -0.4 is 5.32 Å². The molecule has 6 heteroatoms. The zero-order valence-corrected chi connectivity index (χ0v) is 12.3. The zero-order chi connectivity index (χ0) is 13.8. The number of nitrogens with zero attached hydrogens (tertiary/aromatic N) is 2. The molecule has 0 unspecified atom stereocenters. The van der Waals surface area contributed by atoms with Crippen molar-refractivity contribution in [2.75, 3.05) is 6.54 Å². The largest absolute Gasteiger partial charge is 0.352 e. The van der Waals surface area contributed by atoms with Crippen LogP contribution in [0.3, 0.4) is 0 Å². The van der Waals surface area contributed by atoms with Gasteiger partial charge < -0.3 is 9.84 Å². The van der Waals surface area contributed by atoms with Gasteiger partial charge in [0, 0.05) is 24.4 Å². The highest BCUT2D eigenvalue weighted by molar-refractivity contribution is 9.10. The Balaban J connectivity index is 1.90.